The van der Waals surface area contributed by atoms with Gasteiger partial charge in [-0.3, -0.25) is 9.69 Å². The van der Waals surface area contributed by atoms with Gasteiger partial charge in [0.2, 0.25) is 5.91 Å². The number of amides is 1. The van der Waals surface area contributed by atoms with E-state index in [9.17, 15) is 4.79 Å². The second kappa shape index (κ2) is 6.83. The highest BCUT2D eigenvalue weighted by Crippen LogP contribution is 2.31. The molecule has 3 N–H and O–H groups in total. The van der Waals surface area contributed by atoms with Crippen molar-refractivity contribution in [2.75, 3.05) is 19.6 Å². The van der Waals surface area contributed by atoms with Crippen LogP contribution in [0.15, 0.2) is 15.9 Å². The van der Waals surface area contributed by atoms with Gasteiger partial charge in [0.25, 0.3) is 0 Å². The summed E-state index contributed by atoms with van der Waals surface area (Å²) < 4.78 is 1.15. The standard InChI is InChI=1S/C13H20BrN3OS/c1-9(18)16-10-4-6-17(7-5-10)11(8-15)12-2-3-13(14)19-12/h2-3,10-11H,4-8,15H2,1H3,(H,16,18). The van der Waals surface area contributed by atoms with Crippen LogP contribution in [0.2, 0.25) is 0 Å². The number of piperidine rings is 1. The molecule has 1 atom stereocenters. The van der Waals surface area contributed by atoms with Crippen molar-refractivity contribution in [1.82, 2.24) is 10.2 Å². The summed E-state index contributed by atoms with van der Waals surface area (Å²) in [5.41, 5.74) is 5.94. The van der Waals surface area contributed by atoms with Crippen LogP contribution in [0.5, 0.6) is 0 Å². The van der Waals surface area contributed by atoms with E-state index in [-0.39, 0.29) is 5.91 Å². The zero-order valence-corrected chi connectivity index (χ0v) is 13.5. The summed E-state index contributed by atoms with van der Waals surface area (Å²) in [5, 5.41) is 3.00. The first kappa shape index (κ1) is 15.0. The summed E-state index contributed by atoms with van der Waals surface area (Å²) in [6.45, 7) is 4.20. The van der Waals surface area contributed by atoms with E-state index in [0.29, 0.717) is 18.6 Å². The lowest BCUT2D eigenvalue weighted by Crippen LogP contribution is -2.46. The van der Waals surface area contributed by atoms with Crippen LogP contribution in [0.25, 0.3) is 0 Å². The van der Waals surface area contributed by atoms with Gasteiger partial charge in [-0.2, -0.15) is 0 Å². The van der Waals surface area contributed by atoms with Gasteiger partial charge in [-0.25, -0.2) is 0 Å². The average molecular weight is 346 g/mol. The lowest BCUT2D eigenvalue weighted by molar-refractivity contribution is -0.120. The second-order valence-corrected chi connectivity index (χ2v) is 7.40. The first-order chi connectivity index (χ1) is 9.10. The van der Waals surface area contributed by atoms with Gasteiger partial charge < -0.3 is 11.1 Å². The van der Waals surface area contributed by atoms with Gasteiger partial charge in [0.1, 0.15) is 0 Å². The van der Waals surface area contributed by atoms with Gasteiger partial charge in [0.05, 0.1) is 9.83 Å². The predicted octanol–water partition coefficient (Wildman–Crippen LogP) is 2.11. The molecule has 1 amide bonds. The molecule has 1 unspecified atom stereocenters. The van der Waals surface area contributed by atoms with Gasteiger partial charge in [0, 0.05) is 37.5 Å². The molecule has 0 bridgehead atoms. The molecule has 6 heteroatoms. The van der Waals surface area contributed by atoms with E-state index in [1.165, 1.54) is 4.88 Å². The van der Waals surface area contributed by atoms with Crippen LogP contribution in [-0.4, -0.2) is 36.5 Å². The van der Waals surface area contributed by atoms with E-state index >= 15 is 0 Å². The van der Waals surface area contributed by atoms with Crippen LogP contribution in [0, 0.1) is 0 Å². The Morgan fingerprint density at radius 2 is 2.26 bits per heavy atom. The minimum atomic E-state index is 0.0658. The Hall–Kier alpha value is -0.430. The highest BCUT2D eigenvalue weighted by Gasteiger charge is 2.26. The summed E-state index contributed by atoms with van der Waals surface area (Å²) in [4.78, 5) is 14.8. The molecule has 0 spiro atoms. The molecule has 106 valence electrons. The monoisotopic (exact) mass is 345 g/mol. The highest BCUT2D eigenvalue weighted by molar-refractivity contribution is 9.11. The maximum Gasteiger partial charge on any atom is 0.217 e. The van der Waals surface area contributed by atoms with Crippen molar-refractivity contribution >= 4 is 33.2 Å². The molecule has 1 aromatic heterocycles. The Balaban J connectivity index is 1.93. The molecule has 2 rings (SSSR count). The van der Waals surface area contributed by atoms with Crippen molar-refractivity contribution in [3.05, 3.63) is 20.8 Å². The summed E-state index contributed by atoms with van der Waals surface area (Å²) in [7, 11) is 0. The maximum atomic E-state index is 11.1. The van der Waals surface area contributed by atoms with Crippen molar-refractivity contribution in [2.24, 2.45) is 5.73 Å². The van der Waals surface area contributed by atoms with E-state index in [1.54, 1.807) is 18.3 Å². The number of likely N-dealkylation sites (tertiary alicyclic amines) is 1. The molecule has 1 fully saturated rings. The molecule has 1 aliphatic heterocycles. The molecule has 0 saturated carbocycles. The van der Waals surface area contributed by atoms with Crippen molar-refractivity contribution < 1.29 is 4.79 Å². The number of halogens is 1. The van der Waals surface area contributed by atoms with Gasteiger partial charge in [-0.15, -0.1) is 11.3 Å². The zero-order chi connectivity index (χ0) is 13.8. The summed E-state index contributed by atoms with van der Waals surface area (Å²) in [5.74, 6) is 0.0658. The Morgan fingerprint density at radius 3 is 2.74 bits per heavy atom. The van der Waals surface area contributed by atoms with Crippen LogP contribution >= 0.6 is 27.3 Å². The molecule has 19 heavy (non-hydrogen) atoms. The van der Waals surface area contributed by atoms with Gasteiger partial charge in [-0.05, 0) is 40.9 Å². The number of thiophene rings is 1. The Morgan fingerprint density at radius 1 is 1.58 bits per heavy atom. The van der Waals surface area contributed by atoms with Crippen molar-refractivity contribution in [2.45, 2.75) is 31.8 Å². The predicted molar refractivity (Wildman–Crippen MR) is 82.2 cm³/mol. The third kappa shape index (κ3) is 4.02. The van der Waals surface area contributed by atoms with Crippen LogP contribution in [-0.2, 0) is 4.79 Å². The van der Waals surface area contributed by atoms with Crippen molar-refractivity contribution in [1.29, 1.82) is 0 Å². The molecule has 0 aromatic carbocycles. The first-order valence-corrected chi connectivity index (χ1v) is 8.17. The third-order valence-corrected chi connectivity index (χ3v) is 5.25. The molecular weight excluding hydrogens is 326 g/mol. The van der Waals surface area contributed by atoms with Crippen LogP contribution < -0.4 is 11.1 Å². The lowest BCUT2D eigenvalue weighted by atomic mass is 10.0. The molecule has 1 saturated heterocycles. The Kier molecular flexibility index (Phi) is 5.38. The fourth-order valence-electron chi connectivity index (χ4n) is 2.60. The van der Waals surface area contributed by atoms with Crippen LogP contribution in [0.4, 0.5) is 0 Å². The fourth-order valence-corrected chi connectivity index (χ4v) is 4.17. The van der Waals surface area contributed by atoms with E-state index in [1.807, 2.05) is 0 Å². The molecule has 0 radical (unpaired) electrons. The second-order valence-electron chi connectivity index (χ2n) is 4.90. The number of nitrogens with one attached hydrogen (secondary N) is 1. The van der Waals surface area contributed by atoms with Crippen LogP contribution in [0.3, 0.4) is 0 Å². The minimum Gasteiger partial charge on any atom is -0.354 e. The third-order valence-electron chi connectivity index (χ3n) is 3.52. The zero-order valence-electron chi connectivity index (χ0n) is 11.1. The summed E-state index contributed by atoms with van der Waals surface area (Å²) in [6.07, 6.45) is 2.01. The average Bonchev–Trinajstić information content (AvgIpc) is 2.78. The lowest BCUT2D eigenvalue weighted by Gasteiger charge is -2.36. The molecule has 2 heterocycles. The number of carbonyl (C=O) groups excluding carboxylic acids is 1. The molecule has 0 aliphatic carbocycles. The number of hydrogen-bond acceptors (Lipinski definition) is 4. The van der Waals surface area contributed by atoms with E-state index < -0.39 is 0 Å². The Bertz CT molecular complexity index is 429. The molecule has 1 aliphatic rings. The molecule has 4 nitrogen and oxygen atoms in total. The fraction of sp³-hybridized carbons (Fsp3) is 0.615. The largest absolute Gasteiger partial charge is 0.354 e. The summed E-state index contributed by atoms with van der Waals surface area (Å²) >= 11 is 5.25. The topological polar surface area (TPSA) is 58.4 Å². The van der Waals surface area contributed by atoms with E-state index in [4.69, 9.17) is 5.73 Å². The number of nitrogens with zero attached hydrogens (tertiary/aromatic N) is 1. The number of carbonyl (C=O) groups is 1. The van der Waals surface area contributed by atoms with Gasteiger partial charge >= 0.3 is 0 Å². The highest BCUT2D eigenvalue weighted by atomic mass is 79.9. The van der Waals surface area contributed by atoms with Gasteiger partial charge in [0.15, 0.2) is 0 Å². The quantitative estimate of drug-likeness (QED) is 0.878. The molecular formula is C13H20BrN3OS. The van der Waals surface area contributed by atoms with Crippen molar-refractivity contribution in [3.8, 4) is 0 Å². The number of rotatable bonds is 4. The first-order valence-electron chi connectivity index (χ1n) is 6.56. The summed E-state index contributed by atoms with van der Waals surface area (Å²) in [6, 6.07) is 4.84. The normalized spacial score (nSPS) is 19.3. The number of nitrogens with two attached hydrogens (primary N) is 1. The smallest absolute Gasteiger partial charge is 0.217 e. The Labute approximate surface area is 126 Å². The maximum absolute atomic E-state index is 11.1. The van der Waals surface area contributed by atoms with Crippen LogP contribution in [0.1, 0.15) is 30.7 Å². The van der Waals surface area contributed by atoms with E-state index in [2.05, 4.69) is 38.3 Å². The van der Waals surface area contributed by atoms with Crippen molar-refractivity contribution in [3.63, 3.8) is 0 Å². The van der Waals surface area contributed by atoms with E-state index in [0.717, 1.165) is 29.7 Å². The van der Waals surface area contributed by atoms with Gasteiger partial charge in [-0.1, -0.05) is 0 Å². The minimum absolute atomic E-state index is 0.0658. The number of hydrogen-bond donors (Lipinski definition) is 2. The SMILES string of the molecule is CC(=O)NC1CCN(C(CN)c2ccc(Br)s2)CC1. The molecule has 1 aromatic rings.